The fourth-order valence-corrected chi connectivity index (χ4v) is 2.42. The lowest BCUT2D eigenvalue weighted by atomic mass is 10.2. The van der Waals surface area contributed by atoms with E-state index in [2.05, 4.69) is 15.5 Å². The fourth-order valence-electron chi connectivity index (χ4n) is 2.42. The van der Waals surface area contributed by atoms with Crippen molar-refractivity contribution in [3.8, 4) is 34.5 Å². The van der Waals surface area contributed by atoms with Crippen LogP contribution in [-0.2, 0) is 0 Å². The summed E-state index contributed by atoms with van der Waals surface area (Å²) >= 11 is 0. The van der Waals surface area contributed by atoms with Gasteiger partial charge in [-0.3, -0.25) is 0 Å². The number of nitrogens with one attached hydrogen (secondary N) is 1. The van der Waals surface area contributed by atoms with Crippen molar-refractivity contribution in [2.24, 2.45) is 0 Å². The van der Waals surface area contributed by atoms with Crippen LogP contribution in [0.1, 0.15) is 0 Å². The summed E-state index contributed by atoms with van der Waals surface area (Å²) in [5, 5.41) is 11.1. The summed E-state index contributed by atoms with van der Waals surface area (Å²) in [5.41, 5.74) is 1.45. The molecule has 0 saturated carbocycles. The predicted molar refractivity (Wildman–Crippen MR) is 88.7 cm³/mol. The molecular formula is C17H15N3O5. The van der Waals surface area contributed by atoms with Gasteiger partial charge < -0.3 is 28.7 Å². The van der Waals surface area contributed by atoms with Crippen molar-refractivity contribution in [3.05, 3.63) is 36.4 Å². The first-order valence-electron chi connectivity index (χ1n) is 7.49. The summed E-state index contributed by atoms with van der Waals surface area (Å²) < 4.78 is 26.8. The van der Waals surface area contributed by atoms with Gasteiger partial charge in [0.2, 0.25) is 12.7 Å². The first kappa shape index (κ1) is 15.1. The van der Waals surface area contributed by atoms with Gasteiger partial charge in [0, 0.05) is 23.4 Å². The number of fused-ring (bicyclic) bond motifs is 1. The summed E-state index contributed by atoms with van der Waals surface area (Å²) in [5.74, 6) is 3.00. The minimum atomic E-state index is 0.223. The maximum atomic E-state index is 5.68. The van der Waals surface area contributed by atoms with E-state index in [-0.39, 0.29) is 12.8 Å². The van der Waals surface area contributed by atoms with Crippen molar-refractivity contribution in [2.75, 3.05) is 26.3 Å². The summed E-state index contributed by atoms with van der Waals surface area (Å²) in [6.45, 7) is 0.223. The van der Waals surface area contributed by atoms with E-state index in [1.165, 1.54) is 0 Å². The third-order valence-corrected chi connectivity index (χ3v) is 3.65. The van der Waals surface area contributed by atoms with Crippen LogP contribution in [0.5, 0.6) is 23.0 Å². The van der Waals surface area contributed by atoms with Crippen molar-refractivity contribution < 1.29 is 23.4 Å². The van der Waals surface area contributed by atoms with E-state index < -0.39 is 0 Å². The number of hydrogen-bond donors (Lipinski definition) is 1. The molecule has 8 heteroatoms. The summed E-state index contributed by atoms with van der Waals surface area (Å²) in [4.78, 5) is 0. The zero-order valence-corrected chi connectivity index (χ0v) is 13.6. The van der Waals surface area contributed by atoms with Gasteiger partial charge in [0.1, 0.15) is 11.5 Å². The van der Waals surface area contributed by atoms with Crippen LogP contribution in [0.3, 0.4) is 0 Å². The first-order chi connectivity index (χ1) is 12.2. The summed E-state index contributed by atoms with van der Waals surface area (Å²) in [6.07, 6.45) is 0. The second kappa shape index (κ2) is 6.23. The molecule has 1 N–H and O–H groups in total. The lowest BCUT2D eigenvalue weighted by molar-refractivity contribution is 0.174. The Kier molecular flexibility index (Phi) is 3.77. The highest BCUT2D eigenvalue weighted by molar-refractivity contribution is 5.62. The van der Waals surface area contributed by atoms with Gasteiger partial charge in [-0.05, 0) is 24.3 Å². The van der Waals surface area contributed by atoms with E-state index in [4.69, 9.17) is 23.4 Å². The van der Waals surface area contributed by atoms with Crippen LogP contribution in [0, 0.1) is 0 Å². The Hall–Kier alpha value is -3.42. The Morgan fingerprint density at radius 1 is 0.920 bits per heavy atom. The molecule has 4 rings (SSSR count). The van der Waals surface area contributed by atoms with Crippen molar-refractivity contribution >= 4 is 11.7 Å². The van der Waals surface area contributed by atoms with Gasteiger partial charge in [-0.2, -0.15) is 0 Å². The molecule has 8 nitrogen and oxygen atoms in total. The number of nitrogens with zero attached hydrogens (tertiary/aromatic N) is 2. The second-order valence-electron chi connectivity index (χ2n) is 5.21. The molecule has 1 aliphatic heterocycles. The fraction of sp³-hybridized carbons (Fsp3) is 0.176. The number of benzene rings is 2. The highest BCUT2D eigenvalue weighted by atomic mass is 16.7. The van der Waals surface area contributed by atoms with Gasteiger partial charge in [0.05, 0.1) is 14.2 Å². The molecule has 3 aromatic rings. The van der Waals surface area contributed by atoms with E-state index in [0.29, 0.717) is 34.5 Å². The Morgan fingerprint density at radius 2 is 1.68 bits per heavy atom. The maximum Gasteiger partial charge on any atom is 0.320 e. The molecule has 2 heterocycles. The van der Waals surface area contributed by atoms with Crippen molar-refractivity contribution in [1.29, 1.82) is 0 Å². The molecule has 0 aliphatic carbocycles. The number of anilines is 2. The van der Waals surface area contributed by atoms with E-state index in [0.717, 1.165) is 5.69 Å². The van der Waals surface area contributed by atoms with Gasteiger partial charge in [0.15, 0.2) is 11.5 Å². The summed E-state index contributed by atoms with van der Waals surface area (Å²) in [7, 11) is 3.16. The highest BCUT2D eigenvalue weighted by Gasteiger charge is 2.15. The maximum absolute atomic E-state index is 5.68. The van der Waals surface area contributed by atoms with E-state index in [1.54, 1.807) is 38.5 Å². The molecule has 1 aromatic heterocycles. The lowest BCUT2D eigenvalue weighted by Crippen LogP contribution is -1.93. The first-order valence-corrected chi connectivity index (χ1v) is 7.49. The number of methoxy groups -OCH3 is 2. The molecule has 0 unspecified atom stereocenters. The van der Waals surface area contributed by atoms with E-state index in [9.17, 15) is 0 Å². The van der Waals surface area contributed by atoms with Crippen molar-refractivity contribution in [3.63, 3.8) is 0 Å². The average Bonchev–Trinajstić information content (AvgIpc) is 3.30. The smallest absolute Gasteiger partial charge is 0.320 e. The van der Waals surface area contributed by atoms with Gasteiger partial charge in [0.25, 0.3) is 0 Å². The second-order valence-corrected chi connectivity index (χ2v) is 5.21. The third kappa shape index (κ3) is 3.01. The molecule has 0 fully saturated rings. The monoisotopic (exact) mass is 341 g/mol. The Morgan fingerprint density at radius 3 is 2.44 bits per heavy atom. The topological polar surface area (TPSA) is 87.9 Å². The van der Waals surface area contributed by atoms with Crippen molar-refractivity contribution in [1.82, 2.24) is 10.2 Å². The van der Waals surface area contributed by atoms with Crippen LogP contribution in [0.4, 0.5) is 11.7 Å². The Bertz CT molecular complexity index is 887. The number of rotatable bonds is 5. The van der Waals surface area contributed by atoms with Crippen LogP contribution < -0.4 is 24.3 Å². The number of ether oxygens (including phenoxy) is 4. The normalized spacial score (nSPS) is 12.1. The predicted octanol–water partition coefficient (Wildman–Crippen LogP) is 3.23. The number of aromatic nitrogens is 2. The van der Waals surface area contributed by atoms with E-state index >= 15 is 0 Å². The van der Waals surface area contributed by atoms with Crippen LogP contribution in [0.25, 0.3) is 11.5 Å². The van der Waals surface area contributed by atoms with Gasteiger partial charge in [-0.1, -0.05) is 5.10 Å². The Balaban J connectivity index is 1.58. The largest absolute Gasteiger partial charge is 0.497 e. The molecule has 2 aromatic carbocycles. The molecule has 0 amide bonds. The molecule has 128 valence electrons. The standard InChI is InChI=1S/C17H15N3O5/c1-21-12-5-10(6-13(8-12)22-2)16-19-20-17(25-16)18-11-3-4-14-15(7-11)24-9-23-14/h3-8H,9H2,1-2H3,(H,18,20). The average molecular weight is 341 g/mol. The zero-order valence-electron chi connectivity index (χ0n) is 13.6. The quantitative estimate of drug-likeness (QED) is 0.757. The van der Waals surface area contributed by atoms with Gasteiger partial charge in [-0.25, -0.2) is 0 Å². The van der Waals surface area contributed by atoms with E-state index in [1.807, 2.05) is 12.1 Å². The van der Waals surface area contributed by atoms with Crippen LogP contribution in [0.2, 0.25) is 0 Å². The minimum absolute atomic E-state index is 0.223. The van der Waals surface area contributed by atoms with Gasteiger partial charge >= 0.3 is 6.01 Å². The van der Waals surface area contributed by atoms with Crippen LogP contribution in [0.15, 0.2) is 40.8 Å². The molecule has 0 spiro atoms. The molecule has 0 radical (unpaired) electrons. The molecular weight excluding hydrogens is 326 g/mol. The third-order valence-electron chi connectivity index (χ3n) is 3.65. The summed E-state index contributed by atoms with van der Waals surface area (Å²) in [6, 6.07) is 11.1. The molecule has 25 heavy (non-hydrogen) atoms. The zero-order chi connectivity index (χ0) is 17.2. The van der Waals surface area contributed by atoms with Crippen molar-refractivity contribution in [2.45, 2.75) is 0 Å². The molecule has 0 saturated heterocycles. The molecule has 0 bridgehead atoms. The SMILES string of the molecule is COc1cc(OC)cc(-c2nnc(Nc3ccc4c(c3)OCO4)o2)c1. The minimum Gasteiger partial charge on any atom is -0.497 e. The molecule has 0 atom stereocenters. The molecule has 1 aliphatic rings. The number of hydrogen-bond acceptors (Lipinski definition) is 8. The van der Waals surface area contributed by atoms with Gasteiger partial charge in [-0.15, -0.1) is 5.10 Å². The van der Waals surface area contributed by atoms with Crippen LogP contribution >= 0.6 is 0 Å². The lowest BCUT2D eigenvalue weighted by Gasteiger charge is -2.06. The highest BCUT2D eigenvalue weighted by Crippen LogP contribution is 2.35. The van der Waals surface area contributed by atoms with Crippen LogP contribution in [-0.4, -0.2) is 31.2 Å². The Labute approximate surface area is 143 Å².